The average molecular weight is 385 g/mol. The molecule has 1 saturated heterocycles. The maximum absolute atomic E-state index is 13.0. The second kappa shape index (κ2) is 6.20. The van der Waals surface area contributed by atoms with Crippen molar-refractivity contribution in [3.63, 3.8) is 0 Å². The van der Waals surface area contributed by atoms with Crippen molar-refractivity contribution in [2.75, 3.05) is 10.7 Å². The predicted octanol–water partition coefficient (Wildman–Crippen LogP) is 4.50. The summed E-state index contributed by atoms with van der Waals surface area (Å²) in [7, 11) is 0. The van der Waals surface area contributed by atoms with Crippen LogP contribution in [0.1, 0.15) is 26.2 Å². The molecule has 3 aliphatic rings. The minimum atomic E-state index is -0.144. The number of carbonyl (C=O) groups is 2. The fraction of sp³-hybridized carbons (Fsp3) is 0.450. The van der Waals surface area contributed by atoms with Crippen LogP contribution in [0.25, 0.3) is 10.2 Å². The van der Waals surface area contributed by atoms with Crippen molar-refractivity contribution in [1.29, 1.82) is 0 Å². The van der Waals surface area contributed by atoms with Gasteiger partial charge in [-0.05, 0) is 42.9 Å². The standard InChI is InChI=1S/C20H20N2O2S2/c1-2-3-8-25-20-21-14-7-6-13(10-15(14)26-20)22-18(23)16-11-4-5-12(9-11)17(16)19(22)24/h4-7,10-12,16-17H,2-3,8-9H2,1H3/t11-,12-,16+,17+/m0/s1. The number of anilines is 1. The van der Waals surface area contributed by atoms with Crippen LogP contribution in [0.2, 0.25) is 0 Å². The fourth-order valence-electron chi connectivity index (χ4n) is 4.55. The van der Waals surface area contributed by atoms with Gasteiger partial charge in [-0.2, -0.15) is 0 Å². The molecule has 4 nitrogen and oxygen atoms in total. The van der Waals surface area contributed by atoms with Gasteiger partial charge < -0.3 is 0 Å². The third kappa shape index (κ3) is 2.38. The lowest BCUT2D eigenvalue weighted by atomic mass is 9.85. The number of rotatable bonds is 5. The third-order valence-electron chi connectivity index (χ3n) is 5.80. The summed E-state index contributed by atoms with van der Waals surface area (Å²) in [5.41, 5.74) is 1.65. The van der Waals surface area contributed by atoms with E-state index in [-0.39, 0.29) is 35.5 Å². The first kappa shape index (κ1) is 16.5. The molecule has 2 bridgehead atoms. The van der Waals surface area contributed by atoms with Gasteiger partial charge in [0.15, 0.2) is 4.34 Å². The maximum atomic E-state index is 13.0. The number of unbranched alkanes of at least 4 members (excludes halogenated alkanes) is 1. The summed E-state index contributed by atoms with van der Waals surface area (Å²) in [4.78, 5) is 32.0. The Morgan fingerprint density at radius 3 is 2.62 bits per heavy atom. The van der Waals surface area contributed by atoms with E-state index in [4.69, 9.17) is 0 Å². The number of hydrogen-bond donors (Lipinski definition) is 0. The first-order valence-corrected chi connectivity index (χ1v) is 11.1. The first-order chi connectivity index (χ1) is 12.7. The van der Waals surface area contributed by atoms with Crippen LogP contribution in [0.5, 0.6) is 0 Å². The van der Waals surface area contributed by atoms with Crippen LogP contribution >= 0.6 is 23.1 Å². The number of amides is 2. The smallest absolute Gasteiger partial charge is 0.238 e. The highest BCUT2D eigenvalue weighted by molar-refractivity contribution is 8.01. The molecule has 0 unspecified atom stereocenters. The molecule has 4 atom stereocenters. The van der Waals surface area contributed by atoms with Crippen molar-refractivity contribution in [3.05, 3.63) is 30.4 Å². The molecule has 1 saturated carbocycles. The molecule has 2 fully saturated rings. The van der Waals surface area contributed by atoms with E-state index in [1.807, 2.05) is 18.2 Å². The van der Waals surface area contributed by atoms with Gasteiger partial charge in [-0.15, -0.1) is 11.3 Å². The van der Waals surface area contributed by atoms with Crippen molar-refractivity contribution >= 4 is 50.8 Å². The summed E-state index contributed by atoms with van der Waals surface area (Å²) >= 11 is 3.43. The number of fused-ring (bicyclic) bond motifs is 6. The molecule has 134 valence electrons. The highest BCUT2D eigenvalue weighted by Gasteiger charge is 2.59. The number of aromatic nitrogens is 1. The Bertz CT molecular complexity index is 905. The molecule has 2 aromatic rings. The molecule has 2 aliphatic carbocycles. The lowest BCUT2D eigenvalue weighted by Gasteiger charge is -2.17. The van der Waals surface area contributed by atoms with Gasteiger partial charge in [-0.1, -0.05) is 37.3 Å². The van der Waals surface area contributed by atoms with Crippen molar-refractivity contribution < 1.29 is 9.59 Å². The zero-order chi connectivity index (χ0) is 17.8. The number of thiazole rings is 1. The van der Waals surface area contributed by atoms with E-state index in [0.29, 0.717) is 5.69 Å². The Morgan fingerprint density at radius 1 is 1.19 bits per heavy atom. The second-order valence-corrected chi connectivity index (χ2v) is 9.72. The lowest BCUT2D eigenvalue weighted by molar-refractivity contribution is -0.123. The number of nitrogens with zero attached hydrogens (tertiary/aromatic N) is 2. The zero-order valence-electron chi connectivity index (χ0n) is 14.6. The Labute approximate surface area is 160 Å². The van der Waals surface area contributed by atoms with E-state index in [2.05, 4.69) is 24.1 Å². The molecule has 0 radical (unpaired) electrons. The van der Waals surface area contributed by atoms with Gasteiger partial charge in [0.1, 0.15) is 0 Å². The number of allylic oxidation sites excluding steroid dienone is 2. The van der Waals surface area contributed by atoms with E-state index >= 15 is 0 Å². The molecule has 2 heterocycles. The minimum Gasteiger partial charge on any atom is -0.274 e. The van der Waals surface area contributed by atoms with Gasteiger partial charge >= 0.3 is 0 Å². The quantitative estimate of drug-likeness (QED) is 0.330. The van der Waals surface area contributed by atoms with Gasteiger partial charge in [0.2, 0.25) is 11.8 Å². The molecule has 0 N–H and O–H groups in total. The van der Waals surface area contributed by atoms with Crippen LogP contribution in [0, 0.1) is 23.7 Å². The lowest BCUT2D eigenvalue weighted by Crippen LogP contribution is -2.32. The molecule has 5 rings (SSSR count). The zero-order valence-corrected chi connectivity index (χ0v) is 16.2. The second-order valence-electron chi connectivity index (χ2n) is 7.35. The van der Waals surface area contributed by atoms with Crippen LogP contribution in [0.15, 0.2) is 34.7 Å². The highest BCUT2D eigenvalue weighted by Crippen LogP contribution is 2.53. The van der Waals surface area contributed by atoms with Crippen molar-refractivity contribution in [2.24, 2.45) is 23.7 Å². The molecular weight excluding hydrogens is 364 g/mol. The Kier molecular flexibility index (Phi) is 3.94. The molecule has 6 heteroatoms. The highest BCUT2D eigenvalue weighted by atomic mass is 32.2. The summed E-state index contributed by atoms with van der Waals surface area (Å²) in [6, 6.07) is 5.77. The minimum absolute atomic E-state index is 0.0155. The van der Waals surface area contributed by atoms with Crippen LogP contribution in [-0.2, 0) is 9.59 Å². The predicted molar refractivity (Wildman–Crippen MR) is 105 cm³/mol. The topological polar surface area (TPSA) is 50.3 Å². The average Bonchev–Trinajstić information content (AvgIpc) is 3.38. The number of imide groups is 1. The largest absolute Gasteiger partial charge is 0.274 e. The van der Waals surface area contributed by atoms with Crippen LogP contribution in [-0.4, -0.2) is 22.6 Å². The Hall–Kier alpha value is -1.66. The summed E-state index contributed by atoms with van der Waals surface area (Å²) in [5, 5.41) is 0. The molecule has 26 heavy (non-hydrogen) atoms. The van der Waals surface area contributed by atoms with Gasteiger partial charge in [-0.3, -0.25) is 9.59 Å². The molecule has 1 aromatic heterocycles. The van der Waals surface area contributed by atoms with Crippen molar-refractivity contribution in [1.82, 2.24) is 4.98 Å². The van der Waals surface area contributed by atoms with E-state index in [9.17, 15) is 9.59 Å². The van der Waals surface area contributed by atoms with Crippen molar-refractivity contribution in [2.45, 2.75) is 30.5 Å². The number of thioether (sulfide) groups is 1. The normalized spacial score (nSPS) is 29.3. The number of hydrogen-bond acceptors (Lipinski definition) is 5. The Morgan fingerprint density at radius 2 is 1.92 bits per heavy atom. The van der Waals surface area contributed by atoms with Gasteiger partial charge in [0, 0.05) is 5.75 Å². The van der Waals surface area contributed by atoms with Gasteiger partial charge in [0.05, 0.1) is 27.7 Å². The van der Waals surface area contributed by atoms with E-state index < -0.39 is 0 Å². The van der Waals surface area contributed by atoms with E-state index in [1.165, 1.54) is 17.7 Å². The summed E-state index contributed by atoms with van der Waals surface area (Å²) in [6.45, 7) is 2.19. The summed E-state index contributed by atoms with van der Waals surface area (Å²) in [5.74, 6) is 1.26. The monoisotopic (exact) mass is 384 g/mol. The van der Waals surface area contributed by atoms with Crippen LogP contribution in [0.4, 0.5) is 5.69 Å². The molecule has 1 aromatic carbocycles. The Balaban J connectivity index is 1.44. The van der Waals surface area contributed by atoms with Gasteiger partial charge in [0.25, 0.3) is 0 Å². The molecular formula is C20H20N2O2S2. The summed E-state index contributed by atoms with van der Waals surface area (Å²) < 4.78 is 2.10. The maximum Gasteiger partial charge on any atom is 0.238 e. The fourth-order valence-corrected chi connectivity index (χ4v) is 6.81. The van der Waals surface area contributed by atoms with E-state index in [0.717, 1.165) is 26.7 Å². The molecule has 1 aliphatic heterocycles. The van der Waals surface area contributed by atoms with Crippen LogP contribution < -0.4 is 4.90 Å². The molecule has 0 spiro atoms. The molecule has 2 amide bonds. The third-order valence-corrected chi connectivity index (χ3v) is 8.05. The SMILES string of the molecule is CCCCSc1nc2ccc(N3C(=O)[C@H]4[C@H](C3=O)[C@H]3C=C[C@H]4C3)cc2s1. The van der Waals surface area contributed by atoms with Crippen molar-refractivity contribution in [3.8, 4) is 0 Å². The number of benzene rings is 1. The number of carbonyl (C=O) groups excluding carboxylic acids is 2. The van der Waals surface area contributed by atoms with Crippen LogP contribution in [0.3, 0.4) is 0 Å². The van der Waals surface area contributed by atoms with Gasteiger partial charge in [-0.25, -0.2) is 9.88 Å². The first-order valence-electron chi connectivity index (χ1n) is 9.27. The van der Waals surface area contributed by atoms with E-state index in [1.54, 1.807) is 23.1 Å². The summed E-state index contributed by atoms with van der Waals surface area (Å²) in [6.07, 6.45) is 7.59.